The zero-order valence-corrected chi connectivity index (χ0v) is 10.9. The van der Waals surface area contributed by atoms with E-state index < -0.39 is 0 Å². The highest BCUT2D eigenvalue weighted by Crippen LogP contribution is 2.25. The molecule has 0 N–H and O–H groups in total. The first-order valence-electron chi connectivity index (χ1n) is 5.79. The van der Waals surface area contributed by atoms with Gasteiger partial charge in [-0.2, -0.15) is 0 Å². The standard InChI is InChI=1S/C15H18FNO/c1-5-7-17(8-6-2)15-9-11(3)14(16)10-13(15)12(4)18/h5-6,9-10H,1-2,7-8H2,3-4H3. The molecule has 0 aromatic heterocycles. The van der Waals surface area contributed by atoms with E-state index in [0.29, 0.717) is 24.2 Å². The highest BCUT2D eigenvalue weighted by atomic mass is 19.1. The number of hydrogen-bond donors (Lipinski definition) is 0. The number of hydrogen-bond acceptors (Lipinski definition) is 2. The molecule has 0 aliphatic heterocycles. The molecule has 0 atom stereocenters. The molecule has 0 fully saturated rings. The van der Waals surface area contributed by atoms with Crippen molar-refractivity contribution in [2.24, 2.45) is 0 Å². The number of benzene rings is 1. The summed E-state index contributed by atoms with van der Waals surface area (Å²) in [6.45, 7) is 11.7. The Morgan fingerprint density at radius 3 is 2.33 bits per heavy atom. The van der Waals surface area contributed by atoms with Crippen LogP contribution in [0.1, 0.15) is 22.8 Å². The number of ketones is 1. The number of carbonyl (C=O) groups excluding carboxylic acids is 1. The number of carbonyl (C=O) groups is 1. The summed E-state index contributed by atoms with van der Waals surface area (Å²) in [5, 5.41) is 0. The maximum Gasteiger partial charge on any atom is 0.161 e. The summed E-state index contributed by atoms with van der Waals surface area (Å²) in [7, 11) is 0. The van der Waals surface area contributed by atoms with Crippen molar-refractivity contribution in [2.75, 3.05) is 18.0 Å². The Balaban J connectivity index is 3.34. The first kappa shape index (κ1) is 14.2. The number of halogens is 1. The maximum absolute atomic E-state index is 13.5. The van der Waals surface area contributed by atoms with Gasteiger partial charge in [-0.05, 0) is 31.5 Å². The Morgan fingerprint density at radius 1 is 1.33 bits per heavy atom. The summed E-state index contributed by atoms with van der Waals surface area (Å²) in [5.74, 6) is -0.511. The fourth-order valence-electron chi connectivity index (χ4n) is 1.79. The van der Waals surface area contributed by atoms with Crippen molar-refractivity contribution in [3.63, 3.8) is 0 Å². The molecule has 3 heteroatoms. The van der Waals surface area contributed by atoms with E-state index >= 15 is 0 Å². The van der Waals surface area contributed by atoms with Gasteiger partial charge in [0, 0.05) is 24.3 Å². The number of aryl methyl sites for hydroxylation is 1. The summed E-state index contributed by atoms with van der Waals surface area (Å²) < 4.78 is 13.5. The predicted molar refractivity (Wildman–Crippen MR) is 73.7 cm³/mol. The van der Waals surface area contributed by atoms with Crippen molar-refractivity contribution >= 4 is 11.5 Å². The lowest BCUT2D eigenvalue weighted by atomic mass is 10.0. The molecule has 0 saturated heterocycles. The first-order valence-corrected chi connectivity index (χ1v) is 5.79. The molecule has 1 aromatic carbocycles. The molecule has 18 heavy (non-hydrogen) atoms. The highest BCUT2D eigenvalue weighted by Gasteiger charge is 2.15. The third-order valence-corrected chi connectivity index (χ3v) is 2.70. The van der Waals surface area contributed by atoms with E-state index in [-0.39, 0.29) is 11.6 Å². The number of rotatable bonds is 6. The largest absolute Gasteiger partial charge is 0.364 e. The zero-order valence-electron chi connectivity index (χ0n) is 10.9. The Kier molecular flexibility index (Phi) is 4.84. The van der Waals surface area contributed by atoms with Gasteiger partial charge in [-0.3, -0.25) is 4.79 Å². The first-order chi connectivity index (χ1) is 8.51. The van der Waals surface area contributed by atoms with Crippen molar-refractivity contribution in [1.82, 2.24) is 0 Å². The van der Waals surface area contributed by atoms with Gasteiger partial charge < -0.3 is 4.90 Å². The van der Waals surface area contributed by atoms with Gasteiger partial charge in [0.2, 0.25) is 0 Å². The van der Waals surface area contributed by atoms with Crippen LogP contribution >= 0.6 is 0 Å². The lowest BCUT2D eigenvalue weighted by Gasteiger charge is -2.24. The summed E-state index contributed by atoms with van der Waals surface area (Å²) >= 11 is 0. The molecule has 0 unspecified atom stereocenters. The van der Waals surface area contributed by atoms with Crippen LogP contribution in [0.3, 0.4) is 0 Å². The van der Waals surface area contributed by atoms with Crippen LogP contribution in [0.4, 0.5) is 10.1 Å². The van der Waals surface area contributed by atoms with Gasteiger partial charge in [0.15, 0.2) is 5.78 Å². The molecule has 0 bridgehead atoms. The van der Waals surface area contributed by atoms with Crippen molar-refractivity contribution < 1.29 is 9.18 Å². The quantitative estimate of drug-likeness (QED) is 0.566. The van der Waals surface area contributed by atoms with Crippen LogP contribution in [-0.2, 0) is 0 Å². The molecule has 2 nitrogen and oxygen atoms in total. The van der Waals surface area contributed by atoms with E-state index in [1.165, 1.54) is 13.0 Å². The predicted octanol–water partition coefficient (Wildman–Crippen LogP) is 3.52. The Morgan fingerprint density at radius 2 is 1.89 bits per heavy atom. The summed E-state index contributed by atoms with van der Waals surface area (Å²) in [4.78, 5) is 13.5. The molecule has 0 spiro atoms. The third kappa shape index (κ3) is 3.06. The van der Waals surface area contributed by atoms with Crippen LogP contribution in [0.15, 0.2) is 37.4 Å². The van der Waals surface area contributed by atoms with Crippen LogP contribution in [0.5, 0.6) is 0 Å². The van der Waals surface area contributed by atoms with Gasteiger partial charge in [-0.15, -0.1) is 13.2 Å². The van der Waals surface area contributed by atoms with E-state index in [2.05, 4.69) is 13.2 Å². The highest BCUT2D eigenvalue weighted by molar-refractivity contribution is 6.00. The lowest BCUT2D eigenvalue weighted by Crippen LogP contribution is -2.25. The minimum absolute atomic E-state index is 0.151. The molecule has 96 valence electrons. The second-order valence-corrected chi connectivity index (χ2v) is 4.16. The number of anilines is 1. The third-order valence-electron chi connectivity index (χ3n) is 2.70. The SMILES string of the molecule is C=CCN(CC=C)c1cc(C)c(F)cc1C(C)=O. The van der Waals surface area contributed by atoms with Gasteiger partial charge >= 0.3 is 0 Å². The van der Waals surface area contributed by atoms with E-state index in [9.17, 15) is 9.18 Å². The van der Waals surface area contributed by atoms with Crippen molar-refractivity contribution in [3.05, 3.63) is 54.4 Å². The molecule has 1 aromatic rings. The molecule has 0 aliphatic rings. The average Bonchev–Trinajstić information content (AvgIpc) is 2.31. The lowest BCUT2D eigenvalue weighted by molar-refractivity contribution is 0.101. The van der Waals surface area contributed by atoms with Crippen molar-refractivity contribution in [2.45, 2.75) is 13.8 Å². The van der Waals surface area contributed by atoms with Crippen LogP contribution in [0, 0.1) is 12.7 Å². The topological polar surface area (TPSA) is 20.3 Å². The monoisotopic (exact) mass is 247 g/mol. The zero-order chi connectivity index (χ0) is 13.7. The van der Waals surface area contributed by atoms with E-state index in [0.717, 1.165) is 5.69 Å². The second kappa shape index (κ2) is 6.15. The molecule has 0 aliphatic carbocycles. The average molecular weight is 247 g/mol. The van der Waals surface area contributed by atoms with E-state index in [1.54, 1.807) is 25.1 Å². The fraction of sp³-hybridized carbons (Fsp3) is 0.267. The molecular formula is C15H18FNO. The normalized spacial score (nSPS) is 9.94. The van der Waals surface area contributed by atoms with Gasteiger partial charge in [-0.1, -0.05) is 12.2 Å². The minimum Gasteiger partial charge on any atom is -0.364 e. The van der Waals surface area contributed by atoms with Gasteiger partial charge in [-0.25, -0.2) is 4.39 Å². The Bertz CT molecular complexity index is 470. The summed E-state index contributed by atoms with van der Waals surface area (Å²) in [5.41, 5.74) is 1.64. The maximum atomic E-state index is 13.5. The van der Waals surface area contributed by atoms with Gasteiger partial charge in [0.05, 0.1) is 0 Å². The summed E-state index contributed by atoms with van der Waals surface area (Å²) in [6.07, 6.45) is 3.48. The van der Waals surface area contributed by atoms with Crippen molar-refractivity contribution in [1.29, 1.82) is 0 Å². The summed E-state index contributed by atoms with van der Waals surface area (Å²) in [6, 6.07) is 2.99. The van der Waals surface area contributed by atoms with E-state index in [1.807, 2.05) is 4.90 Å². The van der Waals surface area contributed by atoms with Crippen LogP contribution in [0.2, 0.25) is 0 Å². The number of nitrogens with zero attached hydrogens (tertiary/aromatic N) is 1. The molecule has 0 saturated carbocycles. The molecule has 0 amide bonds. The fourth-order valence-corrected chi connectivity index (χ4v) is 1.79. The smallest absolute Gasteiger partial charge is 0.161 e. The van der Waals surface area contributed by atoms with Crippen LogP contribution in [-0.4, -0.2) is 18.9 Å². The van der Waals surface area contributed by atoms with Crippen molar-refractivity contribution in [3.8, 4) is 0 Å². The van der Waals surface area contributed by atoms with E-state index in [4.69, 9.17) is 0 Å². The molecule has 0 heterocycles. The number of Topliss-reactive ketones (excluding diaryl/α,β-unsaturated/α-hetero) is 1. The molecule has 0 radical (unpaired) electrons. The molecular weight excluding hydrogens is 229 g/mol. The minimum atomic E-state index is -0.360. The molecule has 1 rings (SSSR count). The second-order valence-electron chi connectivity index (χ2n) is 4.16. The Labute approximate surface area is 107 Å². The van der Waals surface area contributed by atoms with Gasteiger partial charge in [0.1, 0.15) is 5.82 Å². The van der Waals surface area contributed by atoms with Crippen LogP contribution in [0.25, 0.3) is 0 Å². The van der Waals surface area contributed by atoms with Crippen LogP contribution < -0.4 is 4.90 Å². The Hall–Kier alpha value is -1.90. The van der Waals surface area contributed by atoms with Gasteiger partial charge in [0.25, 0.3) is 0 Å².